The molecule has 138 valence electrons. The molecule has 0 amide bonds. The predicted molar refractivity (Wildman–Crippen MR) is 111 cm³/mol. The molecule has 0 saturated carbocycles. The number of aromatic nitrogens is 1. The molecule has 0 spiro atoms. The quantitative estimate of drug-likeness (QED) is 0.279. The van der Waals surface area contributed by atoms with Crippen molar-refractivity contribution in [1.82, 2.24) is 4.98 Å². The van der Waals surface area contributed by atoms with Crippen LogP contribution in [-0.2, 0) is 0 Å². The lowest BCUT2D eigenvalue weighted by atomic mass is 10.1. The van der Waals surface area contributed by atoms with Crippen LogP contribution in [0.3, 0.4) is 0 Å². The number of fused-ring (bicyclic) bond motifs is 1. The molecular formula is C21H15N3O3S. The van der Waals surface area contributed by atoms with Gasteiger partial charge >= 0.3 is 0 Å². The largest absolute Gasteiger partial charge is 0.377 e. The summed E-state index contributed by atoms with van der Waals surface area (Å²) in [6, 6.07) is 21.3. The lowest BCUT2D eigenvalue weighted by Crippen LogP contribution is -2.14. The number of Topliss-reactive ketones (excluding diaryl/α,β-unsaturated/α-hetero) is 1. The van der Waals surface area contributed by atoms with Crippen molar-refractivity contribution >= 4 is 38.7 Å². The average molecular weight is 389 g/mol. The first-order chi connectivity index (χ1) is 13.6. The lowest BCUT2D eigenvalue weighted by molar-refractivity contribution is -0.384. The van der Waals surface area contributed by atoms with Gasteiger partial charge in [-0.1, -0.05) is 36.4 Å². The molecule has 1 heterocycles. The van der Waals surface area contributed by atoms with Gasteiger partial charge in [-0.05, 0) is 24.3 Å². The highest BCUT2D eigenvalue weighted by atomic mass is 32.1. The van der Waals surface area contributed by atoms with E-state index >= 15 is 0 Å². The summed E-state index contributed by atoms with van der Waals surface area (Å²) in [5.41, 5.74) is 2.85. The van der Waals surface area contributed by atoms with Gasteiger partial charge in [0.2, 0.25) is 0 Å². The molecule has 6 nitrogen and oxygen atoms in total. The van der Waals surface area contributed by atoms with E-state index in [-0.39, 0.29) is 18.0 Å². The van der Waals surface area contributed by atoms with Crippen LogP contribution in [0.5, 0.6) is 0 Å². The molecule has 4 aromatic rings. The molecule has 4 rings (SSSR count). The number of hydrogen-bond acceptors (Lipinski definition) is 6. The first-order valence-electron chi connectivity index (χ1n) is 8.58. The van der Waals surface area contributed by atoms with Gasteiger partial charge in [-0.2, -0.15) is 0 Å². The molecule has 0 bridgehead atoms. The number of hydrogen-bond donors (Lipinski definition) is 1. The third-order valence-electron chi connectivity index (χ3n) is 4.27. The maximum Gasteiger partial charge on any atom is 0.270 e. The van der Waals surface area contributed by atoms with Crippen LogP contribution in [0.2, 0.25) is 0 Å². The van der Waals surface area contributed by atoms with Gasteiger partial charge in [0, 0.05) is 28.9 Å². The predicted octanol–water partition coefficient (Wildman–Crippen LogP) is 5.17. The molecule has 7 heteroatoms. The van der Waals surface area contributed by atoms with E-state index in [4.69, 9.17) is 0 Å². The summed E-state index contributed by atoms with van der Waals surface area (Å²) < 4.78 is 1.10. The van der Waals surface area contributed by atoms with E-state index < -0.39 is 4.92 Å². The Balaban J connectivity index is 1.57. The topological polar surface area (TPSA) is 85.1 Å². The molecule has 1 N–H and O–H groups in total. The van der Waals surface area contributed by atoms with Crippen molar-refractivity contribution in [2.24, 2.45) is 0 Å². The molecule has 0 aliphatic rings. The number of anilines is 1. The molecule has 0 atom stereocenters. The van der Waals surface area contributed by atoms with Gasteiger partial charge in [0.1, 0.15) is 5.01 Å². The highest BCUT2D eigenvalue weighted by molar-refractivity contribution is 7.21. The van der Waals surface area contributed by atoms with Crippen molar-refractivity contribution in [1.29, 1.82) is 0 Å². The number of thiazole rings is 1. The normalized spacial score (nSPS) is 10.7. The third kappa shape index (κ3) is 3.60. The Hall–Kier alpha value is -3.58. The summed E-state index contributed by atoms with van der Waals surface area (Å²) in [4.78, 5) is 27.6. The smallest absolute Gasteiger partial charge is 0.270 e. The summed E-state index contributed by atoms with van der Waals surface area (Å²) >= 11 is 1.59. The number of non-ortho nitro benzene ring substituents is 1. The Morgan fingerprint density at radius 3 is 2.64 bits per heavy atom. The fourth-order valence-electron chi connectivity index (χ4n) is 2.88. The Bertz CT molecular complexity index is 1150. The second-order valence-electron chi connectivity index (χ2n) is 6.12. The number of para-hydroxylation sites is 2. The SMILES string of the molecule is O=C(CNc1ccccc1-c1nc2ccccc2s1)c1cccc([N+](=O)[O-])c1. The van der Waals surface area contributed by atoms with Crippen molar-refractivity contribution in [3.8, 4) is 10.6 Å². The van der Waals surface area contributed by atoms with Gasteiger partial charge in [-0.15, -0.1) is 11.3 Å². The maximum atomic E-state index is 12.5. The van der Waals surface area contributed by atoms with E-state index in [1.807, 2.05) is 48.5 Å². The van der Waals surface area contributed by atoms with E-state index in [1.54, 1.807) is 17.4 Å². The van der Waals surface area contributed by atoms with Gasteiger partial charge in [0.15, 0.2) is 5.78 Å². The third-order valence-corrected chi connectivity index (χ3v) is 5.34. The molecule has 28 heavy (non-hydrogen) atoms. The Morgan fingerprint density at radius 1 is 1.04 bits per heavy atom. The zero-order valence-corrected chi connectivity index (χ0v) is 15.5. The monoisotopic (exact) mass is 389 g/mol. The Labute approximate surface area is 164 Å². The van der Waals surface area contributed by atoms with Gasteiger partial charge in [-0.3, -0.25) is 14.9 Å². The summed E-state index contributed by atoms with van der Waals surface area (Å²) in [7, 11) is 0. The minimum absolute atomic E-state index is 0.0308. The number of carbonyl (C=O) groups excluding carboxylic acids is 1. The molecule has 3 aromatic carbocycles. The number of carbonyl (C=O) groups is 1. The summed E-state index contributed by atoms with van der Waals surface area (Å²) in [6.45, 7) is 0.0308. The minimum atomic E-state index is -0.507. The molecule has 0 saturated heterocycles. The van der Waals surface area contributed by atoms with E-state index in [0.29, 0.717) is 5.56 Å². The maximum absolute atomic E-state index is 12.5. The van der Waals surface area contributed by atoms with Crippen molar-refractivity contribution in [3.63, 3.8) is 0 Å². The molecule has 1 aromatic heterocycles. The number of nitro groups is 1. The highest BCUT2D eigenvalue weighted by Gasteiger charge is 2.14. The van der Waals surface area contributed by atoms with Crippen LogP contribution in [0.1, 0.15) is 10.4 Å². The standard InChI is InChI=1S/C21H15N3O3S/c25-19(14-6-5-7-15(12-14)24(26)27)13-22-17-9-2-1-8-16(17)21-23-18-10-3-4-11-20(18)28-21/h1-12,22H,13H2. The van der Waals surface area contributed by atoms with E-state index in [9.17, 15) is 14.9 Å². The highest BCUT2D eigenvalue weighted by Crippen LogP contribution is 2.34. The molecule has 0 unspecified atom stereocenters. The van der Waals surface area contributed by atoms with Crippen molar-refractivity contribution < 1.29 is 9.72 Å². The second kappa shape index (κ2) is 7.58. The number of ketones is 1. The summed E-state index contributed by atoms with van der Waals surface area (Å²) in [6.07, 6.45) is 0. The fraction of sp³-hybridized carbons (Fsp3) is 0.0476. The number of nitro benzene ring substituents is 1. The number of nitrogens with one attached hydrogen (secondary N) is 1. The van der Waals surface area contributed by atoms with E-state index in [1.165, 1.54) is 18.2 Å². The molecular weight excluding hydrogens is 374 g/mol. The first kappa shape index (κ1) is 17.8. The fourth-order valence-corrected chi connectivity index (χ4v) is 3.89. The second-order valence-corrected chi connectivity index (χ2v) is 7.15. The molecule has 0 aliphatic heterocycles. The van der Waals surface area contributed by atoms with Gasteiger partial charge in [-0.25, -0.2) is 4.98 Å². The lowest BCUT2D eigenvalue weighted by Gasteiger charge is -2.10. The van der Waals surface area contributed by atoms with Crippen LogP contribution >= 0.6 is 11.3 Å². The number of benzene rings is 3. The molecule has 0 fully saturated rings. The van der Waals surface area contributed by atoms with Crippen LogP contribution in [0.15, 0.2) is 72.8 Å². The summed E-state index contributed by atoms with van der Waals surface area (Å²) in [5.74, 6) is -0.220. The van der Waals surface area contributed by atoms with Crippen LogP contribution in [0, 0.1) is 10.1 Å². The van der Waals surface area contributed by atoms with Crippen LogP contribution in [0.25, 0.3) is 20.8 Å². The van der Waals surface area contributed by atoms with Crippen LogP contribution in [0.4, 0.5) is 11.4 Å². The summed E-state index contributed by atoms with van der Waals surface area (Å²) in [5, 5.41) is 14.9. The zero-order chi connectivity index (χ0) is 19.5. The average Bonchev–Trinajstić information content (AvgIpc) is 3.16. The van der Waals surface area contributed by atoms with Gasteiger partial charge < -0.3 is 5.32 Å². The first-order valence-corrected chi connectivity index (χ1v) is 9.40. The Kier molecular flexibility index (Phi) is 4.82. The van der Waals surface area contributed by atoms with E-state index in [2.05, 4.69) is 10.3 Å². The van der Waals surface area contributed by atoms with Gasteiger partial charge in [0.05, 0.1) is 21.7 Å². The van der Waals surface area contributed by atoms with Crippen LogP contribution in [-0.4, -0.2) is 22.2 Å². The van der Waals surface area contributed by atoms with E-state index in [0.717, 1.165) is 26.5 Å². The van der Waals surface area contributed by atoms with Crippen molar-refractivity contribution in [3.05, 3.63) is 88.5 Å². The van der Waals surface area contributed by atoms with Gasteiger partial charge in [0.25, 0.3) is 5.69 Å². The Morgan fingerprint density at radius 2 is 1.82 bits per heavy atom. The molecule has 0 aliphatic carbocycles. The van der Waals surface area contributed by atoms with Crippen molar-refractivity contribution in [2.45, 2.75) is 0 Å². The number of nitrogens with zero attached hydrogens (tertiary/aromatic N) is 2. The number of rotatable bonds is 6. The van der Waals surface area contributed by atoms with Crippen LogP contribution < -0.4 is 5.32 Å². The minimum Gasteiger partial charge on any atom is -0.377 e. The van der Waals surface area contributed by atoms with Crippen molar-refractivity contribution in [2.75, 3.05) is 11.9 Å². The zero-order valence-electron chi connectivity index (χ0n) is 14.7. The molecule has 0 radical (unpaired) electrons.